The van der Waals surface area contributed by atoms with Crippen LogP contribution in [0.1, 0.15) is 10.9 Å². The van der Waals surface area contributed by atoms with Crippen molar-refractivity contribution < 1.29 is 9.47 Å². The van der Waals surface area contributed by atoms with Gasteiger partial charge in [-0.2, -0.15) is 0 Å². The van der Waals surface area contributed by atoms with Gasteiger partial charge in [0.05, 0.1) is 19.8 Å². The van der Waals surface area contributed by atoms with Crippen LogP contribution in [-0.2, 0) is 4.74 Å². The van der Waals surface area contributed by atoms with Crippen LogP contribution in [0.2, 0.25) is 0 Å². The number of methoxy groups -OCH3 is 2. The first kappa shape index (κ1) is 10.5. The van der Waals surface area contributed by atoms with Crippen LogP contribution in [0.25, 0.3) is 0 Å². The van der Waals surface area contributed by atoms with Gasteiger partial charge in [0, 0.05) is 17.4 Å². The normalized spacial score (nSPS) is 12.8. The maximum Gasteiger partial charge on any atom is 0.129 e. The molecule has 0 fully saturated rings. The largest absolute Gasteiger partial charge is 0.496 e. The van der Waals surface area contributed by atoms with Crippen molar-refractivity contribution in [2.24, 2.45) is 5.84 Å². The van der Waals surface area contributed by atoms with E-state index >= 15 is 0 Å². The fraction of sp³-hybridized carbons (Fsp3) is 0.500. The van der Waals surface area contributed by atoms with Gasteiger partial charge in [0.25, 0.3) is 0 Å². The summed E-state index contributed by atoms with van der Waals surface area (Å²) < 4.78 is 10.1. The Morgan fingerprint density at radius 3 is 2.85 bits per heavy atom. The summed E-state index contributed by atoms with van der Waals surface area (Å²) >= 11 is 1.60. The summed E-state index contributed by atoms with van der Waals surface area (Å²) in [5.41, 5.74) is 2.69. The quantitative estimate of drug-likeness (QED) is 0.550. The zero-order valence-corrected chi connectivity index (χ0v) is 8.56. The summed E-state index contributed by atoms with van der Waals surface area (Å²) in [6, 6.07) is 1.99. The molecule has 0 aliphatic carbocycles. The van der Waals surface area contributed by atoms with Crippen molar-refractivity contribution in [2.75, 3.05) is 20.8 Å². The maximum atomic E-state index is 5.38. The molecule has 0 bridgehead atoms. The van der Waals surface area contributed by atoms with Crippen LogP contribution in [0.4, 0.5) is 0 Å². The first-order chi connectivity index (χ1) is 6.31. The summed E-state index contributed by atoms with van der Waals surface area (Å²) in [5.74, 6) is 6.24. The number of nitrogens with one attached hydrogen (secondary N) is 1. The lowest BCUT2D eigenvalue weighted by Crippen LogP contribution is -2.30. The van der Waals surface area contributed by atoms with E-state index in [-0.39, 0.29) is 6.04 Å². The first-order valence-electron chi connectivity index (χ1n) is 3.89. The molecule has 1 rings (SSSR count). The minimum absolute atomic E-state index is 0.0406. The molecule has 0 amide bonds. The Bertz CT molecular complexity index is 252. The number of hydrogen-bond donors (Lipinski definition) is 2. The average molecular weight is 202 g/mol. The van der Waals surface area contributed by atoms with Crippen LogP contribution in [-0.4, -0.2) is 20.8 Å². The van der Waals surface area contributed by atoms with Gasteiger partial charge >= 0.3 is 0 Å². The molecular formula is C8H14N2O2S. The molecule has 0 saturated heterocycles. The molecular weight excluding hydrogens is 188 g/mol. The minimum Gasteiger partial charge on any atom is -0.496 e. The van der Waals surface area contributed by atoms with Gasteiger partial charge in [-0.05, 0) is 6.07 Å². The zero-order valence-electron chi connectivity index (χ0n) is 7.74. The fourth-order valence-corrected chi connectivity index (χ4v) is 1.90. The monoisotopic (exact) mass is 202 g/mol. The molecule has 13 heavy (non-hydrogen) atoms. The Morgan fingerprint density at radius 2 is 2.38 bits per heavy atom. The van der Waals surface area contributed by atoms with Crippen molar-refractivity contribution in [1.29, 1.82) is 0 Å². The third-order valence-electron chi connectivity index (χ3n) is 1.71. The van der Waals surface area contributed by atoms with Gasteiger partial charge < -0.3 is 9.47 Å². The lowest BCUT2D eigenvalue weighted by Gasteiger charge is -2.11. The lowest BCUT2D eigenvalue weighted by atomic mass is 10.2. The van der Waals surface area contributed by atoms with Gasteiger partial charge in [0.15, 0.2) is 0 Å². The average Bonchev–Trinajstić information content (AvgIpc) is 2.62. The molecule has 0 radical (unpaired) electrons. The Labute approximate surface area is 81.6 Å². The highest BCUT2D eigenvalue weighted by molar-refractivity contribution is 7.10. The predicted octanol–water partition coefficient (Wildman–Crippen LogP) is 0.908. The highest BCUT2D eigenvalue weighted by Crippen LogP contribution is 2.26. The van der Waals surface area contributed by atoms with Gasteiger partial charge in [-0.15, -0.1) is 11.3 Å². The van der Waals surface area contributed by atoms with E-state index in [4.69, 9.17) is 15.3 Å². The van der Waals surface area contributed by atoms with E-state index in [1.165, 1.54) is 0 Å². The Kier molecular flexibility index (Phi) is 4.17. The maximum absolute atomic E-state index is 5.38. The van der Waals surface area contributed by atoms with Gasteiger partial charge in [0.1, 0.15) is 5.75 Å². The summed E-state index contributed by atoms with van der Waals surface area (Å²) in [6.07, 6.45) is 0. The molecule has 1 heterocycles. The number of thiophene rings is 1. The highest BCUT2D eigenvalue weighted by Gasteiger charge is 2.11. The van der Waals surface area contributed by atoms with Crippen LogP contribution in [0.5, 0.6) is 5.75 Å². The summed E-state index contributed by atoms with van der Waals surface area (Å²) in [5, 5.41) is 1.94. The van der Waals surface area contributed by atoms with E-state index in [2.05, 4.69) is 5.43 Å². The summed E-state index contributed by atoms with van der Waals surface area (Å²) in [4.78, 5) is 1.11. The van der Waals surface area contributed by atoms with Crippen molar-refractivity contribution in [3.05, 3.63) is 16.3 Å². The third kappa shape index (κ3) is 2.67. The van der Waals surface area contributed by atoms with E-state index in [9.17, 15) is 0 Å². The Hall–Kier alpha value is -0.620. The van der Waals surface area contributed by atoms with E-state index in [1.807, 2.05) is 11.4 Å². The summed E-state index contributed by atoms with van der Waals surface area (Å²) in [6.45, 7) is 0.556. The van der Waals surface area contributed by atoms with Crippen molar-refractivity contribution in [3.63, 3.8) is 0 Å². The second-order valence-electron chi connectivity index (χ2n) is 2.56. The number of rotatable bonds is 5. The molecule has 5 heteroatoms. The molecule has 1 unspecified atom stereocenters. The van der Waals surface area contributed by atoms with Gasteiger partial charge in [0.2, 0.25) is 0 Å². The van der Waals surface area contributed by atoms with Crippen molar-refractivity contribution >= 4 is 11.3 Å². The molecule has 3 N–H and O–H groups in total. The zero-order chi connectivity index (χ0) is 9.68. The van der Waals surface area contributed by atoms with Crippen molar-refractivity contribution in [3.8, 4) is 5.75 Å². The first-order valence-corrected chi connectivity index (χ1v) is 4.77. The Morgan fingerprint density at radius 1 is 1.62 bits per heavy atom. The molecule has 0 aliphatic heterocycles. The number of hydrazine groups is 1. The number of hydrogen-bond acceptors (Lipinski definition) is 5. The van der Waals surface area contributed by atoms with Gasteiger partial charge in [-0.1, -0.05) is 0 Å². The number of nitrogens with two attached hydrogens (primary N) is 1. The van der Waals surface area contributed by atoms with Crippen molar-refractivity contribution in [1.82, 2.24) is 5.43 Å². The number of ether oxygens (including phenoxy) is 2. The van der Waals surface area contributed by atoms with Crippen LogP contribution < -0.4 is 16.0 Å². The topological polar surface area (TPSA) is 56.5 Å². The molecule has 4 nitrogen and oxygen atoms in total. The molecule has 1 atom stereocenters. The smallest absolute Gasteiger partial charge is 0.129 e. The second-order valence-corrected chi connectivity index (χ2v) is 3.51. The van der Waals surface area contributed by atoms with Crippen LogP contribution in [0.3, 0.4) is 0 Å². The Balaban J connectivity index is 2.67. The van der Waals surface area contributed by atoms with Crippen LogP contribution in [0, 0.1) is 0 Å². The molecule has 1 aromatic heterocycles. The molecule has 0 aromatic carbocycles. The highest BCUT2D eigenvalue weighted by atomic mass is 32.1. The molecule has 74 valence electrons. The molecule has 0 saturated carbocycles. The minimum atomic E-state index is 0.0406. The lowest BCUT2D eigenvalue weighted by molar-refractivity contribution is 0.168. The van der Waals surface area contributed by atoms with Crippen LogP contribution in [0.15, 0.2) is 11.4 Å². The fourth-order valence-electron chi connectivity index (χ4n) is 1.00. The van der Waals surface area contributed by atoms with Crippen LogP contribution >= 0.6 is 11.3 Å². The SMILES string of the molecule is COCC(NN)c1cc(OC)cs1. The molecule has 0 spiro atoms. The summed E-state index contributed by atoms with van der Waals surface area (Å²) in [7, 11) is 3.29. The van der Waals surface area contributed by atoms with Gasteiger partial charge in [-0.25, -0.2) is 5.43 Å². The van der Waals surface area contributed by atoms with E-state index in [0.717, 1.165) is 10.6 Å². The third-order valence-corrected chi connectivity index (χ3v) is 2.73. The van der Waals surface area contributed by atoms with E-state index in [0.29, 0.717) is 6.61 Å². The van der Waals surface area contributed by atoms with E-state index < -0.39 is 0 Å². The predicted molar refractivity (Wildman–Crippen MR) is 52.8 cm³/mol. The standard InChI is InChI=1S/C8H14N2O2S/c1-11-4-7(10-9)8-3-6(12-2)5-13-8/h3,5,7,10H,4,9H2,1-2H3. The second kappa shape index (κ2) is 5.18. The van der Waals surface area contributed by atoms with Crippen molar-refractivity contribution in [2.45, 2.75) is 6.04 Å². The molecule has 0 aliphatic rings. The van der Waals surface area contributed by atoms with E-state index in [1.54, 1.807) is 25.6 Å². The van der Waals surface area contributed by atoms with Gasteiger partial charge in [-0.3, -0.25) is 5.84 Å². The molecule has 1 aromatic rings.